The van der Waals surface area contributed by atoms with E-state index >= 15 is 0 Å². The lowest BCUT2D eigenvalue weighted by atomic mass is 9.97. The summed E-state index contributed by atoms with van der Waals surface area (Å²) in [7, 11) is 3.31. The molecule has 1 aliphatic heterocycles. The number of carbonyl (C=O) groups excluding carboxylic acids is 1. The summed E-state index contributed by atoms with van der Waals surface area (Å²) in [6.07, 6.45) is 2.60. The van der Waals surface area contributed by atoms with E-state index < -0.39 is 0 Å². The number of anilines is 1. The Morgan fingerprint density at radius 1 is 1.06 bits per heavy atom. The zero-order valence-corrected chi connectivity index (χ0v) is 19.2. The molecule has 1 N–H and O–H groups in total. The molecule has 7 heteroatoms. The maximum Gasteiger partial charge on any atom is 0.224 e. The minimum absolute atomic E-state index is 0.0558. The normalized spacial score (nSPS) is 15.7. The van der Waals surface area contributed by atoms with Gasteiger partial charge >= 0.3 is 0 Å². The van der Waals surface area contributed by atoms with Gasteiger partial charge in [-0.05, 0) is 61.2 Å². The summed E-state index contributed by atoms with van der Waals surface area (Å²) in [6, 6.07) is 19.6. The monoisotopic (exact) mass is 446 g/mol. The number of aromatic nitrogens is 2. The van der Waals surface area contributed by atoms with E-state index in [1.54, 1.807) is 14.2 Å². The topological polar surface area (TPSA) is 76.6 Å². The number of hydrogen-bond donors (Lipinski definition) is 1. The molecule has 0 spiro atoms. The summed E-state index contributed by atoms with van der Waals surface area (Å²) in [5.41, 5.74) is 2.82. The molecule has 1 amide bonds. The summed E-state index contributed by atoms with van der Waals surface area (Å²) in [4.78, 5) is 14.9. The average Bonchev–Trinajstić information content (AvgIpc) is 2.89. The minimum Gasteiger partial charge on any atom is -0.497 e. The van der Waals surface area contributed by atoms with Crippen molar-refractivity contribution in [2.75, 3.05) is 38.8 Å². The van der Waals surface area contributed by atoms with E-state index in [1.165, 1.54) is 0 Å². The second kappa shape index (κ2) is 10.8. The summed E-state index contributed by atoms with van der Waals surface area (Å²) >= 11 is 0. The van der Waals surface area contributed by atoms with Gasteiger partial charge in [-0.2, -0.15) is 0 Å². The highest BCUT2D eigenvalue weighted by Gasteiger charge is 2.26. The third kappa shape index (κ3) is 5.61. The van der Waals surface area contributed by atoms with Crippen LogP contribution in [0.15, 0.2) is 60.7 Å². The highest BCUT2D eigenvalue weighted by Crippen LogP contribution is 2.29. The zero-order chi connectivity index (χ0) is 23.0. The second-order valence-corrected chi connectivity index (χ2v) is 8.15. The molecular formula is C26H30N4O3. The van der Waals surface area contributed by atoms with Gasteiger partial charge in [0.05, 0.1) is 25.8 Å². The Morgan fingerprint density at radius 3 is 2.73 bits per heavy atom. The summed E-state index contributed by atoms with van der Waals surface area (Å²) in [5, 5.41) is 12.0. The summed E-state index contributed by atoms with van der Waals surface area (Å²) in [5.74, 6) is 2.44. The fourth-order valence-electron chi connectivity index (χ4n) is 4.20. The Morgan fingerprint density at radius 2 is 1.94 bits per heavy atom. The Labute approximate surface area is 194 Å². The van der Waals surface area contributed by atoms with Gasteiger partial charge in [0.15, 0.2) is 5.82 Å². The van der Waals surface area contributed by atoms with Crippen molar-refractivity contribution in [2.45, 2.75) is 19.3 Å². The first kappa shape index (κ1) is 22.6. The van der Waals surface area contributed by atoms with Crippen LogP contribution in [-0.2, 0) is 11.2 Å². The third-order valence-corrected chi connectivity index (χ3v) is 6.00. The molecular weight excluding hydrogens is 416 g/mol. The van der Waals surface area contributed by atoms with Crippen molar-refractivity contribution < 1.29 is 14.3 Å². The van der Waals surface area contributed by atoms with Crippen LogP contribution in [0.1, 0.15) is 18.4 Å². The zero-order valence-electron chi connectivity index (χ0n) is 19.2. The van der Waals surface area contributed by atoms with Crippen molar-refractivity contribution in [3.8, 4) is 22.8 Å². The Bertz CT molecular complexity index is 1070. The van der Waals surface area contributed by atoms with Gasteiger partial charge in [0.2, 0.25) is 5.91 Å². The van der Waals surface area contributed by atoms with Gasteiger partial charge in [-0.3, -0.25) is 4.79 Å². The molecule has 0 saturated carbocycles. The van der Waals surface area contributed by atoms with Crippen LogP contribution in [0.4, 0.5) is 5.82 Å². The number of nitrogens with one attached hydrogen (secondary N) is 1. The molecule has 0 radical (unpaired) electrons. The minimum atomic E-state index is -0.0558. The number of hydrogen-bond acceptors (Lipinski definition) is 6. The highest BCUT2D eigenvalue weighted by atomic mass is 16.5. The van der Waals surface area contributed by atoms with Gasteiger partial charge in [-0.15, -0.1) is 10.2 Å². The second-order valence-electron chi connectivity index (χ2n) is 8.15. The molecule has 1 atom stereocenters. The molecule has 0 aliphatic carbocycles. The lowest BCUT2D eigenvalue weighted by Crippen LogP contribution is -2.43. The number of carbonyl (C=O) groups is 1. The molecule has 1 fully saturated rings. The van der Waals surface area contributed by atoms with E-state index in [1.807, 2.05) is 60.7 Å². The number of benzene rings is 2. The van der Waals surface area contributed by atoms with E-state index in [9.17, 15) is 4.79 Å². The van der Waals surface area contributed by atoms with Crippen LogP contribution in [0, 0.1) is 5.92 Å². The lowest BCUT2D eigenvalue weighted by molar-refractivity contribution is -0.125. The summed E-state index contributed by atoms with van der Waals surface area (Å²) < 4.78 is 10.7. The smallest absolute Gasteiger partial charge is 0.224 e. The number of methoxy groups -OCH3 is 2. The number of piperidine rings is 1. The van der Waals surface area contributed by atoms with E-state index in [0.29, 0.717) is 13.1 Å². The fourth-order valence-corrected chi connectivity index (χ4v) is 4.20. The van der Waals surface area contributed by atoms with Gasteiger partial charge < -0.3 is 19.7 Å². The largest absolute Gasteiger partial charge is 0.497 e. The molecule has 1 aromatic heterocycles. The SMILES string of the molecule is COc1cccc(CCNC(=O)C2CCCN(c3ccc(-c4ccccc4OC)nn3)C2)c1. The quantitative estimate of drug-likeness (QED) is 0.568. The number of rotatable bonds is 8. The molecule has 1 saturated heterocycles. The standard InChI is InChI=1S/C26H30N4O3/c1-32-21-9-5-7-19(17-21)14-15-27-26(31)20-8-6-16-30(18-20)25-13-12-23(28-29-25)22-10-3-4-11-24(22)33-2/h3-5,7,9-13,17,20H,6,8,14-16,18H2,1-2H3,(H,27,31). The molecule has 1 aliphatic rings. The van der Waals surface area contributed by atoms with Crippen LogP contribution in [-0.4, -0.2) is 50.0 Å². The van der Waals surface area contributed by atoms with Gasteiger partial charge in [0, 0.05) is 25.2 Å². The first-order chi connectivity index (χ1) is 16.2. The molecule has 1 unspecified atom stereocenters. The van der Waals surface area contributed by atoms with Crippen molar-refractivity contribution in [1.82, 2.24) is 15.5 Å². The van der Waals surface area contributed by atoms with Crippen LogP contribution in [0.5, 0.6) is 11.5 Å². The molecule has 2 aromatic carbocycles. The van der Waals surface area contributed by atoms with Crippen LogP contribution >= 0.6 is 0 Å². The van der Waals surface area contributed by atoms with Gasteiger partial charge in [-0.25, -0.2) is 0 Å². The number of amides is 1. The Hall–Kier alpha value is -3.61. The Kier molecular flexibility index (Phi) is 7.40. The van der Waals surface area contributed by atoms with Crippen LogP contribution in [0.25, 0.3) is 11.3 Å². The Balaban J connectivity index is 1.33. The molecule has 2 heterocycles. The van der Waals surface area contributed by atoms with Crippen LogP contribution in [0.2, 0.25) is 0 Å². The van der Waals surface area contributed by atoms with Gasteiger partial charge in [0.1, 0.15) is 11.5 Å². The molecule has 4 rings (SSSR count). The van der Waals surface area contributed by atoms with E-state index in [2.05, 4.69) is 20.4 Å². The number of nitrogens with zero attached hydrogens (tertiary/aromatic N) is 3. The molecule has 3 aromatic rings. The first-order valence-corrected chi connectivity index (χ1v) is 11.3. The molecule has 172 valence electrons. The predicted octanol–water partition coefficient (Wildman–Crippen LogP) is 3.74. The van der Waals surface area contributed by atoms with E-state index in [0.717, 1.165) is 59.9 Å². The maximum absolute atomic E-state index is 12.8. The maximum atomic E-state index is 12.8. The van der Waals surface area contributed by atoms with Gasteiger partial charge in [0.25, 0.3) is 0 Å². The lowest BCUT2D eigenvalue weighted by Gasteiger charge is -2.32. The summed E-state index contributed by atoms with van der Waals surface area (Å²) in [6.45, 7) is 2.12. The van der Waals surface area contributed by atoms with E-state index in [4.69, 9.17) is 9.47 Å². The first-order valence-electron chi connectivity index (χ1n) is 11.3. The van der Waals surface area contributed by atoms with Crippen LogP contribution in [0.3, 0.4) is 0 Å². The van der Waals surface area contributed by atoms with Crippen molar-refractivity contribution in [3.05, 3.63) is 66.2 Å². The molecule has 7 nitrogen and oxygen atoms in total. The molecule has 33 heavy (non-hydrogen) atoms. The average molecular weight is 447 g/mol. The van der Waals surface area contributed by atoms with E-state index in [-0.39, 0.29) is 11.8 Å². The fraction of sp³-hybridized carbons (Fsp3) is 0.346. The van der Waals surface area contributed by atoms with Crippen molar-refractivity contribution in [2.24, 2.45) is 5.92 Å². The van der Waals surface area contributed by atoms with Crippen molar-refractivity contribution >= 4 is 11.7 Å². The van der Waals surface area contributed by atoms with Gasteiger partial charge in [-0.1, -0.05) is 24.3 Å². The third-order valence-electron chi connectivity index (χ3n) is 6.00. The van der Waals surface area contributed by atoms with Crippen LogP contribution < -0.4 is 19.7 Å². The predicted molar refractivity (Wildman–Crippen MR) is 129 cm³/mol. The number of para-hydroxylation sites is 1. The highest BCUT2D eigenvalue weighted by molar-refractivity contribution is 5.79. The van der Waals surface area contributed by atoms with Crippen molar-refractivity contribution in [3.63, 3.8) is 0 Å². The number of ether oxygens (including phenoxy) is 2. The molecule has 0 bridgehead atoms. The van der Waals surface area contributed by atoms with Crippen molar-refractivity contribution in [1.29, 1.82) is 0 Å².